The number of nitrogens with zero attached hydrogens (tertiary/aromatic N) is 3. The van der Waals surface area contributed by atoms with Crippen LogP contribution in [-0.4, -0.2) is 80.6 Å². The summed E-state index contributed by atoms with van der Waals surface area (Å²) in [4.78, 5) is 32.1. The first-order chi connectivity index (χ1) is 12.9. The largest absolute Gasteiger partial charge is 0.450 e. The molecular formula is C17H24N4O5S. The maximum atomic E-state index is 12.4. The summed E-state index contributed by atoms with van der Waals surface area (Å²) < 4.78 is 28.1. The summed E-state index contributed by atoms with van der Waals surface area (Å²) >= 11 is 0. The van der Waals surface area contributed by atoms with Gasteiger partial charge in [-0.15, -0.1) is 0 Å². The maximum Gasteiger partial charge on any atom is 0.409 e. The number of carbonyl (C=O) groups is 2. The van der Waals surface area contributed by atoms with Crippen LogP contribution in [0.4, 0.5) is 10.5 Å². The van der Waals surface area contributed by atoms with Gasteiger partial charge < -0.3 is 19.9 Å². The molecule has 2 amide bonds. The molecule has 0 radical (unpaired) electrons. The summed E-state index contributed by atoms with van der Waals surface area (Å²) in [5.41, 5.74) is 1.19. The van der Waals surface area contributed by atoms with Crippen LogP contribution >= 0.6 is 0 Å². The van der Waals surface area contributed by atoms with Gasteiger partial charge in [0.05, 0.1) is 35.6 Å². The van der Waals surface area contributed by atoms with Crippen molar-refractivity contribution in [3.8, 4) is 0 Å². The lowest BCUT2D eigenvalue weighted by atomic mass is 10.2. The van der Waals surface area contributed by atoms with Crippen molar-refractivity contribution in [2.24, 2.45) is 0 Å². The van der Waals surface area contributed by atoms with Crippen molar-refractivity contribution in [1.29, 1.82) is 0 Å². The van der Waals surface area contributed by atoms with E-state index >= 15 is 0 Å². The molecule has 3 heterocycles. The van der Waals surface area contributed by atoms with E-state index in [9.17, 15) is 18.0 Å². The number of carbonyl (C=O) groups excluding carboxylic acids is 2. The van der Waals surface area contributed by atoms with Gasteiger partial charge in [-0.3, -0.25) is 9.78 Å². The first kappa shape index (κ1) is 19.4. The first-order valence-corrected chi connectivity index (χ1v) is 10.8. The second kappa shape index (κ2) is 8.12. The normalized spacial score (nSPS) is 21.7. The molecule has 0 aromatic carbocycles. The van der Waals surface area contributed by atoms with Crippen molar-refractivity contribution >= 4 is 27.5 Å². The van der Waals surface area contributed by atoms with Crippen molar-refractivity contribution < 1.29 is 22.7 Å². The molecule has 9 nitrogen and oxygen atoms in total. The number of pyridine rings is 1. The van der Waals surface area contributed by atoms with Gasteiger partial charge in [-0.25, -0.2) is 13.2 Å². The third kappa shape index (κ3) is 4.88. The van der Waals surface area contributed by atoms with E-state index in [-0.39, 0.29) is 29.5 Å². The highest BCUT2D eigenvalue weighted by Crippen LogP contribution is 2.18. The molecule has 1 atom stereocenters. The van der Waals surface area contributed by atoms with Crippen LogP contribution < -0.4 is 10.2 Å². The highest BCUT2D eigenvalue weighted by atomic mass is 32.2. The van der Waals surface area contributed by atoms with Gasteiger partial charge >= 0.3 is 6.09 Å². The van der Waals surface area contributed by atoms with E-state index in [0.717, 1.165) is 5.69 Å². The molecule has 148 valence electrons. The van der Waals surface area contributed by atoms with Crippen LogP contribution in [0.3, 0.4) is 0 Å². The minimum absolute atomic E-state index is 0.0122. The SMILES string of the molecule is CCOC(=O)N1CCN(c2cncc(C(=O)NC3CCS(=O)(=O)C3)c2)CC1. The Balaban J connectivity index is 1.59. The maximum absolute atomic E-state index is 12.4. The summed E-state index contributed by atoms with van der Waals surface area (Å²) in [5, 5.41) is 2.77. The first-order valence-electron chi connectivity index (χ1n) is 9.01. The van der Waals surface area contributed by atoms with Crippen LogP contribution in [0.1, 0.15) is 23.7 Å². The molecule has 1 N–H and O–H groups in total. The van der Waals surface area contributed by atoms with Crippen molar-refractivity contribution in [2.75, 3.05) is 49.2 Å². The van der Waals surface area contributed by atoms with Crippen LogP contribution in [0.25, 0.3) is 0 Å². The van der Waals surface area contributed by atoms with E-state index in [2.05, 4.69) is 15.2 Å². The van der Waals surface area contributed by atoms with Crippen LogP contribution in [0.15, 0.2) is 18.5 Å². The molecule has 1 unspecified atom stereocenters. The van der Waals surface area contributed by atoms with Gasteiger partial charge in [0.25, 0.3) is 5.91 Å². The molecule has 0 aliphatic carbocycles. The third-order valence-electron chi connectivity index (χ3n) is 4.72. The summed E-state index contributed by atoms with van der Waals surface area (Å²) in [6, 6.07) is 1.39. The van der Waals surface area contributed by atoms with Crippen molar-refractivity contribution in [2.45, 2.75) is 19.4 Å². The Morgan fingerprint density at radius 2 is 2.00 bits per heavy atom. The molecule has 10 heteroatoms. The zero-order valence-electron chi connectivity index (χ0n) is 15.3. The Bertz CT molecular complexity index is 805. The number of anilines is 1. The van der Waals surface area contributed by atoms with Crippen LogP contribution in [-0.2, 0) is 14.6 Å². The van der Waals surface area contributed by atoms with Gasteiger partial charge in [0, 0.05) is 38.4 Å². The molecule has 3 rings (SSSR count). The number of aromatic nitrogens is 1. The zero-order valence-corrected chi connectivity index (χ0v) is 16.1. The van der Waals surface area contributed by atoms with Gasteiger partial charge in [0.1, 0.15) is 0 Å². The average molecular weight is 396 g/mol. The topological polar surface area (TPSA) is 109 Å². The lowest BCUT2D eigenvalue weighted by molar-refractivity contribution is 0.0940. The number of rotatable bonds is 4. The second-order valence-corrected chi connectivity index (χ2v) is 8.91. The van der Waals surface area contributed by atoms with Crippen molar-refractivity contribution in [1.82, 2.24) is 15.2 Å². The van der Waals surface area contributed by atoms with Crippen LogP contribution in [0.5, 0.6) is 0 Å². The van der Waals surface area contributed by atoms with Gasteiger partial charge in [0.15, 0.2) is 9.84 Å². The predicted octanol–water partition coefficient (Wildman–Crippen LogP) is 0.277. The zero-order chi connectivity index (χ0) is 19.4. The molecule has 0 saturated carbocycles. The summed E-state index contributed by atoms with van der Waals surface area (Å²) in [6.45, 7) is 4.43. The van der Waals surface area contributed by atoms with Gasteiger partial charge in [-0.2, -0.15) is 0 Å². The Labute approximate surface area is 158 Å². The molecule has 0 bridgehead atoms. The number of ether oxygens (including phenoxy) is 1. The molecule has 2 aliphatic rings. The molecule has 1 aromatic heterocycles. The number of hydrogen-bond donors (Lipinski definition) is 1. The lowest BCUT2D eigenvalue weighted by Crippen LogP contribution is -2.49. The fraction of sp³-hybridized carbons (Fsp3) is 0.588. The highest BCUT2D eigenvalue weighted by molar-refractivity contribution is 7.91. The Morgan fingerprint density at radius 1 is 1.26 bits per heavy atom. The fourth-order valence-electron chi connectivity index (χ4n) is 3.26. The molecule has 0 spiro atoms. The average Bonchev–Trinajstić information content (AvgIpc) is 3.00. The Kier molecular flexibility index (Phi) is 5.83. The fourth-order valence-corrected chi connectivity index (χ4v) is 4.94. The smallest absolute Gasteiger partial charge is 0.409 e. The standard InChI is InChI=1S/C17H24N4O5S/c1-2-26-17(23)21-6-4-20(5-7-21)15-9-13(10-18-11-15)16(22)19-14-3-8-27(24,25)12-14/h9-11,14H,2-8,12H2,1H3,(H,19,22). The van der Waals surface area contributed by atoms with E-state index < -0.39 is 9.84 Å². The predicted molar refractivity (Wildman–Crippen MR) is 99.6 cm³/mol. The van der Waals surface area contributed by atoms with E-state index in [1.54, 1.807) is 24.1 Å². The second-order valence-electron chi connectivity index (χ2n) is 6.68. The number of nitrogens with one attached hydrogen (secondary N) is 1. The van der Waals surface area contributed by atoms with Crippen LogP contribution in [0.2, 0.25) is 0 Å². The molecular weight excluding hydrogens is 372 g/mol. The molecule has 2 saturated heterocycles. The highest BCUT2D eigenvalue weighted by Gasteiger charge is 2.29. The summed E-state index contributed by atoms with van der Waals surface area (Å²) in [6.07, 6.45) is 3.28. The molecule has 2 aliphatic heterocycles. The van der Waals surface area contributed by atoms with Crippen molar-refractivity contribution in [3.63, 3.8) is 0 Å². The molecule has 27 heavy (non-hydrogen) atoms. The summed E-state index contributed by atoms with van der Waals surface area (Å²) in [5.74, 6) is -0.223. The number of sulfone groups is 1. The molecule has 1 aromatic rings. The Morgan fingerprint density at radius 3 is 2.63 bits per heavy atom. The monoisotopic (exact) mass is 396 g/mol. The number of hydrogen-bond acceptors (Lipinski definition) is 7. The van der Waals surface area contributed by atoms with Gasteiger partial charge in [0.2, 0.25) is 0 Å². The summed E-state index contributed by atoms with van der Waals surface area (Å²) in [7, 11) is -3.05. The quantitative estimate of drug-likeness (QED) is 0.778. The van der Waals surface area contributed by atoms with Crippen LogP contribution in [0, 0.1) is 0 Å². The number of piperazine rings is 1. The third-order valence-corrected chi connectivity index (χ3v) is 6.49. The van der Waals surface area contributed by atoms with E-state index in [1.807, 2.05) is 0 Å². The van der Waals surface area contributed by atoms with Gasteiger partial charge in [-0.1, -0.05) is 0 Å². The lowest BCUT2D eigenvalue weighted by Gasteiger charge is -2.35. The minimum atomic E-state index is -3.05. The van der Waals surface area contributed by atoms with Crippen molar-refractivity contribution in [3.05, 3.63) is 24.0 Å². The van der Waals surface area contributed by atoms with Gasteiger partial charge in [-0.05, 0) is 19.4 Å². The minimum Gasteiger partial charge on any atom is -0.450 e. The van der Waals surface area contributed by atoms with E-state index in [4.69, 9.17) is 4.74 Å². The number of amides is 2. The van der Waals surface area contributed by atoms with E-state index in [0.29, 0.717) is 44.8 Å². The molecule has 2 fully saturated rings. The van der Waals surface area contributed by atoms with E-state index in [1.165, 1.54) is 6.20 Å². The Hall–Kier alpha value is -2.36.